The molecule has 1 heterocycles. The lowest BCUT2D eigenvalue weighted by Crippen LogP contribution is -2.43. The van der Waals surface area contributed by atoms with Gasteiger partial charge in [0.15, 0.2) is 0 Å². The highest BCUT2D eigenvalue weighted by Gasteiger charge is 2.25. The Labute approximate surface area is 151 Å². The van der Waals surface area contributed by atoms with Crippen molar-refractivity contribution in [2.75, 3.05) is 32.8 Å². The molecule has 1 saturated heterocycles. The average Bonchev–Trinajstić information content (AvgIpc) is 2.64. The van der Waals surface area contributed by atoms with Crippen LogP contribution in [0.3, 0.4) is 0 Å². The van der Waals surface area contributed by atoms with Crippen LogP contribution in [-0.2, 0) is 14.8 Å². The summed E-state index contributed by atoms with van der Waals surface area (Å²) in [7, 11) is -3.78. The summed E-state index contributed by atoms with van der Waals surface area (Å²) in [5, 5.41) is 0. The minimum atomic E-state index is -3.78. The van der Waals surface area contributed by atoms with Gasteiger partial charge in [0.1, 0.15) is 11.6 Å². The summed E-state index contributed by atoms with van der Waals surface area (Å²) >= 11 is 0. The minimum Gasteiger partial charge on any atom is -0.379 e. The molecule has 0 aromatic heterocycles. The Bertz CT molecular complexity index is 821. The van der Waals surface area contributed by atoms with Crippen LogP contribution in [0.1, 0.15) is 11.6 Å². The molecule has 5 nitrogen and oxygen atoms in total. The number of hydrogen-bond acceptors (Lipinski definition) is 4. The zero-order valence-electron chi connectivity index (χ0n) is 14.1. The number of rotatable bonds is 6. The number of halogens is 2. The number of ether oxygens (including phenoxy) is 1. The molecule has 1 fully saturated rings. The van der Waals surface area contributed by atoms with Crippen LogP contribution < -0.4 is 4.72 Å². The first kappa shape index (κ1) is 18.9. The third-order valence-electron chi connectivity index (χ3n) is 4.33. The van der Waals surface area contributed by atoms with Crippen molar-refractivity contribution in [2.24, 2.45) is 0 Å². The van der Waals surface area contributed by atoms with E-state index in [2.05, 4.69) is 9.62 Å². The molecule has 1 unspecified atom stereocenters. The van der Waals surface area contributed by atoms with E-state index in [4.69, 9.17) is 4.74 Å². The number of nitrogens with one attached hydrogen (secondary N) is 1. The van der Waals surface area contributed by atoms with Gasteiger partial charge in [0.2, 0.25) is 10.0 Å². The summed E-state index contributed by atoms with van der Waals surface area (Å²) < 4.78 is 59.2. The second-order valence-electron chi connectivity index (χ2n) is 6.02. The van der Waals surface area contributed by atoms with Crippen molar-refractivity contribution in [1.82, 2.24) is 9.62 Å². The van der Waals surface area contributed by atoms with Crippen LogP contribution in [-0.4, -0.2) is 46.2 Å². The first-order valence-electron chi connectivity index (χ1n) is 8.28. The van der Waals surface area contributed by atoms with Crippen LogP contribution in [0.5, 0.6) is 0 Å². The fourth-order valence-electron chi connectivity index (χ4n) is 2.92. The lowest BCUT2D eigenvalue weighted by molar-refractivity contribution is 0.0172. The van der Waals surface area contributed by atoms with Gasteiger partial charge in [-0.15, -0.1) is 0 Å². The van der Waals surface area contributed by atoms with E-state index in [1.165, 1.54) is 24.3 Å². The summed E-state index contributed by atoms with van der Waals surface area (Å²) in [6, 6.07) is 10.4. The summed E-state index contributed by atoms with van der Waals surface area (Å²) in [6.07, 6.45) is 0. The van der Waals surface area contributed by atoms with Crippen LogP contribution >= 0.6 is 0 Å². The third-order valence-corrected chi connectivity index (χ3v) is 5.77. The minimum absolute atomic E-state index is 0.00117. The molecule has 2 aromatic rings. The van der Waals surface area contributed by atoms with E-state index in [1.807, 2.05) is 0 Å². The van der Waals surface area contributed by atoms with Crippen molar-refractivity contribution < 1.29 is 21.9 Å². The van der Waals surface area contributed by atoms with Crippen molar-refractivity contribution in [3.63, 3.8) is 0 Å². The molecule has 0 bridgehead atoms. The Morgan fingerprint density at radius 2 is 1.50 bits per heavy atom. The van der Waals surface area contributed by atoms with Crippen molar-refractivity contribution >= 4 is 10.0 Å². The van der Waals surface area contributed by atoms with Gasteiger partial charge in [-0.2, -0.15) is 0 Å². The van der Waals surface area contributed by atoms with Gasteiger partial charge in [-0.1, -0.05) is 12.1 Å². The summed E-state index contributed by atoms with van der Waals surface area (Å²) in [6.45, 7) is 2.54. The lowest BCUT2D eigenvalue weighted by atomic mass is 10.0. The van der Waals surface area contributed by atoms with E-state index in [1.54, 1.807) is 12.1 Å². The Kier molecular flexibility index (Phi) is 5.98. The van der Waals surface area contributed by atoms with Gasteiger partial charge in [0, 0.05) is 25.7 Å². The number of morpholine rings is 1. The highest BCUT2D eigenvalue weighted by Crippen LogP contribution is 2.22. The maximum Gasteiger partial charge on any atom is 0.240 e. The molecule has 140 valence electrons. The summed E-state index contributed by atoms with van der Waals surface area (Å²) in [4.78, 5) is 2.10. The standard InChI is InChI=1S/C18H20F2N2O3S/c19-15-3-1-14(2-4-15)18(22-9-11-25-12-10-22)13-21-26(23,24)17-7-5-16(20)6-8-17/h1-8,18,21H,9-13H2. The zero-order valence-corrected chi connectivity index (χ0v) is 14.9. The van der Waals surface area contributed by atoms with E-state index in [9.17, 15) is 17.2 Å². The zero-order chi connectivity index (χ0) is 18.6. The molecule has 0 saturated carbocycles. The molecular formula is C18H20F2N2O3S. The monoisotopic (exact) mass is 382 g/mol. The fraction of sp³-hybridized carbons (Fsp3) is 0.333. The Morgan fingerprint density at radius 1 is 0.962 bits per heavy atom. The summed E-state index contributed by atoms with van der Waals surface area (Å²) in [5.41, 5.74) is 0.815. The molecule has 0 spiro atoms. The van der Waals surface area contributed by atoms with Crippen molar-refractivity contribution in [2.45, 2.75) is 10.9 Å². The predicted octanol–water partition coefficient (Wildman–Crippen LogP) is 2.32. The smallest absolute Gasteiger partial charge is 0.240 e. The molecular weight excluding hydrogens is 362 g/mol. The first-order valence-corrected chi connectivity index (χ1v) is 9.76. The van der Waals surface area contributed by atoms with E-state index >= 15 is 0 Å². The lowest BCUT2D eigenvalue weighted by Gasteiger charge is -2.34. The van der Waals surface area contributed by atoms with Crippen LogP contribution in [0.15, 0.2) is 53.4 Å². The maximum atomic E-state index is 13.2. The van der Waals surface area contributed by atoms with Crippen LogP contribution in [0.2, 0.25) is 0 Å². The summed E-state index contributed by atoms with van der Waals surface area (Å²) in [5.74, 6) is -0.845. The molecule has 3 rings (SSSR count). The van der Waals surface area contributed by atoms with Crippen LogP contribution in [0.4, 0.5) is 8.78 Å². The molecule has 0 radical (unpaired) electrons. The maximum absolute atomic E-state index is 13.2. The molecule has 0 aliphatic carbocycles. The van der Waals surface area contributed by atoms with E-state index in [-0.39, 0.29) is 23.3 Å². The molecule has 1 N–H and O–H groups in total. The largest absolute Gasteiger partial charge is 0.379 e. The molecule has 26 heavy (non-hydrogen) atoms. The number of nitrogens with zero attached hydrogens (tertiary/aromatic N) is 1. The second kappa shape index (κ2) is 8.22. The molecule has 1 aliphatic heterocycles. The second-order valence-corrected chi connectivity index (χ2v) is 7.79. The van der Waals surface area contributed by atoms with Crippen LogP contribution in [0.25, 0.3) is 0 Å². The predicted molar refractivity (Wildman–Crippen MR) is 93.1 cm³/mol. The third kappa shape index (κ3) is 4.64. The first-order chi connectivity index (χ1) is 12.5. The van der Waals surface area contributed by atoms with Gasteiger partial charge in [-0.3, -0.25) is 4.90 Å². The van der Waals surface area contributed by atoms with Gasteiger partial charge < -0.3 is 4.74 Å². The fourth-order valence-corrected chi connectivity index (χ4v) is 3.96. The van der Waals surface area contributed by atoms with E-state index < -0.39 is 15.8 Å². The van der Waals surface area contributed by atoms with Gasteiger partial charge in [-0.05, 0) is 42.0 Å². The van der Waals surface area contributed by atoms with E-state index in [0.29, 0.717) is 26.3 Å². The van der Waals surface area contributed by atoms with Crippen molar-refractivity contribution in [1.29, 1.82) is 0 Å². The van der Waals surface area contributed by atoms with Crippen molar-refractivity contribution in [3.8, 4) is 0 Å². The SMILES string of the molecule is O=S(=O)(NCC(c1ccc(F)cc1)N1CCOCC1)c1ccc(F)cc1. The molecule has 0 amide bonds. The van der Waals surface area contributed by atoms with E-state index in [0.717, 1.165) is 17.7 Å². The average molecular weight is 382 g/mol. The van der Waals surface area contributed by atoms with Gasteiger partial charge >= 0.3 is 0 Å². The number of benzene rings is 2. The van der Waals surface area contributed by atoms with Crippen molar-refractivity contribution in [3.05, 3.63) is 65.7 Å². The van der Waals surface area contributed by atoms with Crippen LogP contribution in [0, 0.1) is 11.6 Å². The van der Waals surface area contributed by atoms with Gasteiger partial charge in [-0.25, -0.2) is 21.9 Å². The Balaban J connectivity index is 1.78. The molecule has 1 aliphatic rings. The molecule has 8 heteroatoms. The number of sulfonamides is 1. The quantitative estimate of drug-likeness (QED) is 0.833. The highest BCUT2D eigenvalue weighted by atomic mass is 32.2. The van der Waals surface area contributed by atoms with Gasteiger partial charge in [0.25, 0.3) is 0 Å². The normalized spacial score (nSPS) is 17.2. The highest BCUT2D eigenvalue weighted by molar-refractivity contribution is 7.89. The Hall–Kier alpha value is -1.87. The molecule has 2 aromatic carbocycles. The Morgan fingerprint density at radius 3 is 2.08 bits per heavy atom. The van der Waals surface area contributed by atoms with Gasteiger partial charge in [0.05, 0.1) is 18.1 Å². The molecule has 1 atom stereocenters. The topological polar surface area (TPSA) is 58.6 Å². The number of hydrogen-bond donors (Lipinski definition) is 1.